The maximum absolute atomic E-state index is 11.5. The first-order valence-electron chi connectivity index (χ1n) is 8.72. The van der Waals surface area contributed by atoms with Crippen LogP contribution in [0.2, 0.25) is 0 Å². The number of esters is 1. The molecule has 138 valence electrons. The minimum Gasteiger partial charge on any atom is -0.466 e. The molecule has 1 aromatic heterocycles. The summed E-state index contributed by atoms with van der Waals surface area (Å²) in [6.45, 7) is 6.25. The molecule has 7 nitrogen and oxygen atoms in total. The zero-order valence-corrected chi connectivity index (χ0v) is 15.7. The molecule has 1 aliphatic heterocycles. The first-order chi connectivity index (χ1) is 12.1. The summed E-state index contributed by atoms with van der Waals surface area (Å²) in [6, 6.07) is 0. The minimum absolute atomic E-state index is 0.142. The average molecular weight is 366 g/mol. The van der Waals surface area contributed by atoms with Crippen LogP contribution in [0.25, 0.3) is 6.08 Å². The second kappa shape index (κ2) is 10.4. The number of ether oxygens (including phenoxy) is 1. The molecule has 2 rings (SSSR count). The molecule has 1 saturated heterocycles. The van der Waals surface area contributed by atoms with Crippen LogP contribution in [0.15, 0.2) is 11.8 Å². The van der Waals surface area contributed by atoms with Crippen LogP contribution < -0.4 is 5.32 Å². The van der Waals surface area contributed by atoms with E-state index in [1.165, 1.54) is 17.3 Å². The molecule has 1 aromatic rings. The fourth-order valence-electron chi connectivity index (χ4n) is 2.75. The number of nitrogens with zero attached hydrogens (tertiary/aromatic N) is 3. The van der Waals surface area contributed by atoms with E-state index in [9.17, 15) is 9.59 Å². The highest BCUT2D eigenvalue weighted by molar-refractivity contribution is 8.14. The molecule has 0 radical (unpaired) electrons. The normalized spacial score (nSPS) is 19.1. The highest BCUT2D eigenvalue weighted by Gasteiger charge is 2.21. The molecule has 25 heavy (non-hydrogen) atoms. The third-order valence-electron chi connectivity index (χ3n) is 3.92. The number of thioether (sulfide) groups is 1. The first kappa shape index (κ1) is 19.7. The number of hydrogen-bond donors (Lipinski definition) is 1. The lowest BCUT2D eigenvalue weighted by Crippen LogP contribution is -2.32. The first-order valence-corrected chi connectivity index (χ1v) is 9.60. The molecule has 0 aromatic carbocycles. The maximum atomic E-state index is 11.5. The number of unbranched alkanes of at least 4 members (excludes halogenated alkanes) is 1. The number of aryl methyl sites for hydroxylation is 1. The fourth-order valence-corrected chi connectivity index (χ4v) is 3.69. The lowest BCUT2D eigenvalue weighted by Gasteiger charge is -2.24. The van der Waals surface area contributed by atoms with E-state index in [1.807, 2.05) is 11.6 Å². The lowest BCUT2D eigenvalue weighted by molar-refractivity contribution is -0.143. The number of carbonyl (C=O) groups is 2. The Labute approximate surface area is 152 Å². The van der Waals surface area contributed by atoms with Gasteiger partial charge in [0.2, 0.25) is 0 Å². The summed E-state index contributed by atoms with van der Waals surface area (Å²) in [4.78, 5) is 22.8. The molecule has 0 spiro atoms. The van der Waals surface area contributed by atoms with Crippen molar-refractivity contribution in [2.45, 2.75) is 51.3 Å². The van der Waals surface area contributed by atoms with Gasteiger partial charge < -0.3 is 10.1 Å². The van der Waals surface area contributed by atoms with E-state index in [-0.39, 0.29) is 16.3 Å². The van der Waals surface area contributed by atoms with Crippen molar-refractivity contribution in [3.8, 4) is 0 Å². The monoisotopic (exact) mass is 366 g/mol. The molecule has 1 fully saturated rings. The Balaban J connectivity index is 1.93. The van der Waals surface area contributed by atoms with Gasteiger partial charge in [-0.3, -0.25) is 9.59 Å². The molecule has 2 heterocycles. The van der Waals surface area contributed by atoms with Crippen LogP contribution in [0.5, 0.6) is 0 Å². The molecule has 1 aliphatic rings. The van der Waals surface area contributed by atoms with Gasteiger partial charge in [-0.15, -0.1) is 5.10 Å². The number of nitrogens with one attached hydrogen (secondary N) is 1. The molecule has 1 atom stereocenters. The predicted octanol–water partition coefficient (Wildman–Crippen LogP) is 2.04. The quantitative estimate of drug-likeness (QED) is 0.556. The zero-order chi connectivity index (χ0) is 18.1. The second-order valence-corrected chi connectivity index (χ2v) is 7.31. The highest BCUT2D eigenvalue weighted by Crippen LogP contribution is 2.26. The van der Waals surface area contributed by atoms with Crippen LogP contribution >= 0.6 is 11.8 Å². The summed E-state index contributed by atoms with van der Waals surface area (Å²) in [7, 11) is 0. The van der Waals surface area contributed by atoms with Gasteiger partial charge in [-0.1, -0.05) is 17.0 Å². The number of aromatic nitrogens is 3. The van der Waals surface area contributed by atoms with E-state index >= 15 is 0 Å². The van der Waals surface area contributed by atoms with Gasteiger partial charge in [-0.25, -0.2) is 4.68 Å². The van der Waals surface area contributed by atoms with Gasteiger partial charge in [0.05, 0.1) is 18.5 Å². The Morgan fingerprint density at radius 3 is 3.08 bits per heavy atom. The van der Waals surface area contributed by atoms with Gasteiger partial charge in [0, 0.05) is 31.7 Å². The lowest BCUT2D eigenvalue weighted by atomic mass is 10.0. The van der Waals surface area contributed by atoms with E-state index in [4.69, 9.17) is 4.74 Å². The summed E-state index contributed by atoms with van der Waals surface area (Å²) in [5, 5.41) is 11.8. The Bertz CT molecular complexity index is 615. The van der Waals surface area contributed by atoms with Crippen molar-refractivity contribution in [2.24, 2.45) is 0 Å². The summed E-state index contributed by atoms with van der Waals surface area (Å²) in [6.07, 6.45) is 6.79. The van der Waals surface area contributed by atoms with Gasteiger partial charge in [0.25, 0.3) is 0 Å². The Morgan fingerprint density at radius 1 is 1.48 bits per heavy atom. The van der Waals surface area contributed by atoms with Crippen molar-refractivity contribution in [2.75, 3.05) is 19.7 Å². The molecular formula is C17H26N4O3S. The summed E-state index contributed by atoms with van der Waals surface area (Å²) < 4.78 is 6.78. The van der Waals surface area contributed by atoms with Crippen molar-refractivity contribution >= 4 is 28.9 Å². The Morgan fingerprint density at radius 2 is 2.32 bits per heavy atom. The number of rotatable bonds is 8. The van der Waals surface area contributed by atoms with Crippen LogP contribution in [0.3, 0.4) is 0 Å². The summed E-state index contributed by atoms with van der Waals surface area (Å²) in [5.41, 5.74) is 2.13. The topological polar surface area (TPSA) is 86.1 Å². The van der Waals surface area contributed by atoms with E-state index in [1.54, 1.807) is 13.1 Å². The van der Waals surface area contributed by atoms with Crippen LogP contribution in [0.1, 0.15) is 45.2 Å². The fraction of sp³-hybridized carbons (Fsp3) is 0.647. The summed E-state index contributed by atoms with van der Waals surface area (Å²) >= 11 is 1.39. The van der Waals surface area contributed by atoms with Crippen molar-refractivity contribution in [1.29, 1.82) is 0 Å². The second-order valence-electron chi connectivity index (χ2n) is 5.93. The minimum atomic E-state index is -0.152. The smallest absolute Gasteiger partial charge is 0.305 e. The standard InChI is InChI=1S/C17H26N4O3S/c1-3-24-17(23)6-4-5-9-21-15(12-19-20-21)10-14-11-18-8-7-16(14)25-13(2)22/h10,12,16,18H,3-9,11H2,1-2H3. The molecule has 0 amide bonds. The summed E-state index contributed by atoms with van der Waals surface area (Å²) in [5.74, 6) is -0.152. The van der Waals surface area contributed by atoms with E-state index in [2.05, 4.69) is 21.7 Å². The van der Waals surface area contributed by atoms with Crippen LogP contribution in [0, 0.1) is 0 Å². The molecule has 0 bridgehead atoms. The van der Waals surface area contributed by atoms with Crippen LogP contribution in [0.4, 0.5) is 0 Å². The van der Waals surface area contributed by atoms with E-state index in [0.717, 1.165) is 38.0 Å². The van der Waals surface area contributed by atoms with Crippen LogP contribution in [-0.4, -0.2) is 51.0 Å². The molecule has 8 heteroatoms. The third kappa shape index (κ3) is 6.62. The van der Waals surface area contributed by atoms with Gasteiger partial charge in [0.1, 0.15) is 0 Å². The van der Waals surface area contributed by atoms with E-state index in [0.29, 0.717) is 19.6 Å². The van der Waals surface area contributed by atoms with Crippen molar-refractivity contribution in [1.82, 2.24) is 20.3 Å². The zero-order valence-electron chi connectivity index (χ0n) is 14.9. The van der Waals surface area contributed by atoms with Crippen LogP contribution in [-0.2, 0) is 20.9 Å². The van der Waals surface area contributed by atoms with Crippen molar-refractivity contribution in [3.05, 3.63) is 17.5 Å². The van der Waals surface area contributed by atoms with Gasteiger partial charge in [0.15, 0.2) is 5.12 Å². The van der Waals surface area contributed by atoms with Crippen molar-refractivity contribution in [3.63, 3.8) is 0 Å². The molecule has 0 saturated carbocycles. The predicted molar refractivity (Wildman–Crippen MR) is 98.0 cm³/mol. The highest BCUT2D eigenvalue weighted by atomic mass is 32.2. The third-order valence-corrected chi connectivity index (χ3v) is 5.08. The average Bonchev–Trinajstić information content (AvgIpc) is 3.00. The molecule has 0 aliphatic carbocycles. The Hall–Kier alpha value is -1.67. The largest absolute Gasteiger partial charge is 0.466 e. The maximum Gasteiger partial charge on any atom is 0.305 e. The SMILES string of the molecule is CCOC(=O)CCCCn1nncc1C=C1CNCCC1SC(C)=O. The van der Waals surface area contributed by atoms with E-state index < -0.39 is 0 Å². The van der Waals surface area contributed by atoms with Crippen molar-refractivity contribution < 1.29 is 14.3 Å². The number of carbonyl (C=O) groups excluding carboxylic acids is 2. The molecular weight excluding hydrogens is 340 g/mol. The number of piperidine rings is 1. The van der Waals surface area contributed by atoms with Gasteiger partial charge in [-0.2, -0.15) is 0 Å². The molecule has 1 N–H and O–H groups in total. The Kier molecular flexibility index (Phi) is 8.14. The molecule has 1 unspecified atom stereocenters. The number of hydrogen-bond acceptors (Lipinski definition) is 7. The van der Waals surface area contributed by atoms with Gasteiger partial charge in [-0.05, 0) is 44.4 Å². The van der Waals surface area contributed by atoms with Gasteiger partial charge >= 0.3 is 5.97 Å².